The molecule has 3 N–H and O–H groups in total. The van der Waals surface area contributed by atoms with Crippen molar-refractivity contribution in [3.05, 3.63) is 17.5 Å². The van der Waals surface area contributed by atoms with Gasteiger partial charge in [0, 0.05) is 11.1 Å². The number of hydrogen-bond acceptors (Lipinski definition) is 3. The number of carbonyl (C=O) groups excluding carboxylic acids is 1. The van der Waals surface area contributed by atoms with Gasteiger partial charge in [-0.25, -0.2) is 4.79 Å². The van der Waals surface area contributed by atoms with E-state index in [0.717, 1.165) is 18.5 Å². The maximum absolute atomic E-state index is 12.2. The van der Waals surface area contributed by atoms with Crippen LogP contribution in [0.1, 0.15) is 56.7 Å². The second kappa shape index (κ2) is 4.61. The van der Waals surface area contributed by atoms with Crippen molar-refractivity contribution in [3.63, 3.8) is 0 Å². The largest absolute Gasteiger partial charge is 0.480 e. The molecule has 1 aliphatic carbocycles. The van der Waals surface area contributed by atoms with Crippen LogP contribution >= 0.6 is 0 Å². The smallest absolute Gasteiger partial charge is 0.329 e. The topological polar surface area (TPSA) is 95.1 Å². The van der Waals surface area contributed by atoms with Crippen molar-refractivity contribution in [2.24, 2.45) is 5.92 Å². The predicted molar refractivity (Wildman–Crippen MR) is 73.5 cm³/mol. The minimum atomic E-state index is -1.21. The van der Waals surface area contributed by atoms with Gasteiger partial charge >= 0.3 is 5.97 Å². The molecule has 1 aromatic heterocycles. The zero-order valence-electron chi connectivity index (χ0n) is 12.3. The van der Waals surface area contributed by atoms with Crippen molar-refractivity contribution in [2.45, 2.75) is 51.5 Å². The number of nitrogens with one attached hydrogen (secondary N) is 2. The van der Waals surface area contributed by atoms with E-state index in [1.807, 2.05) is 20.8 Å². The molecular weight excluding hydrogens is 258 g/mol. The Kier molecular flexibility index (Phi) is 3.36. The Morgan fingerprint density at radius 3 is 2.35 bits per heavy atom. The van der Waals surface area contributed by atoms with Crippen molar-refractivity contribution >= 4 is 11.9 Å². The van der Waals surface area contributed by atoms with Crippen LogP contribution in [0.3, 0.4) is 0 Å². The van der Waals surface area contributed by atoms with Gasteiger partial charge in [0.15, 0.2) is 0 Å². The van der Waals surface area contributed by atoms with Gasteiger partial charge in [-0.05, 0) is 31.7 Å². The number of nitrogens with zero attached hydrogens (tertiary/aromatic N) is 1. The van der Waals surface area contributed by atoms with Gasteiger partial charge in [0.2, 0.25) is 0 Å². The molecule has 0 saturated heterocycles. The molecule has 1 fully saturated rings. The number of rotatable bonds is 4. The molecule has 1 aliphatic rings. The summed E-state index contributed by atoms with van der Waals surface area (Å²) < 4.78 is 0. The molecule has 6 nitrogen and oxygen atoms in total. The van der Waals surface area contributed by atoms with Gasteiger partial charge in [-0.15, -0.1) is 0 Å². The summed E-state index contributed by atoms with van der Waals surface area (Å²) >= 11 is 0. The van der Waals surface area contributed by atoms with E-state index >= 15 is 0 Å². The van der Waals surface area contributed by atoms with Gasteiger partial charge in [-0.2, -0.15) is 5.10 Å². The van der Waals surface area contributed by atoms with Crippen LogP contribution in [-0.2, 0) is 10.2 Å². The van der Waals surface area contributed by atoms with Crippen LogP contribution in [-0.4, -0.2) is 32.7 Å². The molecule has 1 heterocycles. The summed E-state index contributed by atoms with van der Waals surface area (Å²) in [6.45, 7) is 7.58. The first-order chi connectivity index (χ1) is 9.14. The molecule has 6 heteroatoms. The minimum absolute atomic E-state index is 0.00461. The summed E-state index contributed by atoms with van der Waals surface area (Å²) in [6.07, 6.45) is 1.66. The molecule has 0 aliphatic heterocycles. The van der Waals surface area contributed by atoms with Gasteiger partial charge in [-0.1, -0.05) is 20.8 Å². The highest BCUT2D eigenvalue weighted by atomic mass is 16.4. The van der Waals surface area contributed by atoms with Crippen LogP contribution in [0.5, 0.6) is 0 Å². The van der Waals surface area contributed by atoms with Crippen LogP contribution < -0.4 is 5.32 Å². The lowest BCUT2D eigenvalue weighted by atomic mass is 9.92. The number of carbonyl (C=O) groups is 2. The normalized spacial score (nSPS) is 18.4. The summed E-state index contributed by atoms with van der Waals surface area (Å²) in [5.74, 6) is -1.45. The Balaban J connectivity index is 2.15. The third-order valence-corrected chi connectivity index (χ3v) is 3.83. The molecule has 110 valence electrons. The minimum Gasteiger partial charge on any atom is -0.480 e. The molecule has 1 saturated carbocycles. The molecule has 2 rings (SSSR count). The van der Waals surface area contributed by atoms with Crippen molar-refractivity contribution in [2.75, 3.05) is 0 Å². The molecule has 1 unspecified atom stereocenters. The van der Waals surface area contributed by atoms with E-state index in [2.05, 4.69) is 15.5 Å². The molecule has 0 radical (unpaired) electrons. The number of aliphatic carboxylic acids is 1. The molecule has 1 amide bonds. The predicted octanol–water partition coefficient (Wildman–Crippen LogP) is 1.69. The number of carboxylic acids is 1. The molecule has 20 heavy (non-hydrogen) atoms. The number of hydrogen-bond donors (Lipinski definition) is 3. The van der Waals surface area contributed by atoms with Crippen molar-refractivity contribution in [1.82, 2.24) is 15.5 Å². The number of carboxylic acid groups (broad SMARTS) is 1. The lowest BCUT2D eigenvalue weighted by Gasteiger charge is -2.25. The van der Waals surface area contributed by atoms with E-state index in [9.17, 15) is 14.7 Å². The fourth-order valence-corrected chi connectivity index (χ4v) is 2.11. The number of aromatic nitrogens is 2. The Bertz CT molecular complexity index is 540. The van der Waals surface area contributed by atoms with Crippen LogP contribution in [0.15, 0.2) is 6.07 Å². The second-order valence-corrected chi connectivity index (χ2v) is 6.65. The SMILES string of the molecule is CC(C)(C)c1cc(C(=O)NC(C)(C(=O)O)C2CC2)n[nH]1. The first-order valence-corrected chi connectivity index (χ1v) is 6.76. The zero-order valence-corrected chi connectivity index (χ0v) is 12.3. The molecule has 0 aromatic carbocycles. The number of H-pyrrole nitrogens is 1. The van der Waals surface area contributed by atoms with Gasteiger partial charge in [0.1, 0.15) is 11.2 Å². The fourth-order valence-electron chi connectivity index (χ4n) is 2.11. The maximum Gasteiger partial charge on any atom is 0.329 e. The Morgan fingerprint density at radius 1 is 1.35 bits per heavy atom. The highest BCUT2D eigenvalue weighted by Gasteiger charge is 2.48. The Morgan fingerprint density at radius 2 is 1.95 bits per heavy atom. The van der Waals surface area contributed by atoms with Crippen LogP contribution in [0.2, 0.25) is 0 Å². The quantitative estimate of drug-likeness (QED) is 0.781. The van der Waals surface area contributed by atoms with Crippen molar-refractivity contribution in [3.8, 4) is 0 Å². The summed E-state index contributed by atoms with van der Waals surface area (Å²) in [5, 5.41) is 18.7. The van der Waals surface area contributed by atoms with Gasteiger partial charge < -0.3 is 10.4 Å². The third kappa shape index (κ3) is 2.69. The van der Waals surface area contributed by atoms with Gasteiger partial charge in [-0.3, -0.25) is 9.89 Å². The van der Waals surface area contributed by atoms with Gasteiger partial charge in [0.25, 0.3) is 5.91 Å². The molecule has 1 aromatic rings. The zero-order chi connectivity index (χ0) is 15.1. The lowest BCUT2D eigenvalue weighted by molar-refractivity contribution is -0.144. The van der Waals surface area contributed by atoms with E-state index in [0.29, 0.717) is 0 Å². The molecule has 1 atom stereocenters. The second-order valence-electron chi connectivity index (χ2n) is 6.65. The summed E-state index contributed by atoms with van der Waals surface area (Å²) in [4.78, 5) is 23.6. The standard InChI is InChI=1S/C14H21N3O3/c1-13(2,3)10-7-9(16-17-10)11(18)15-14(4,12(19)20)8-5-6-8/h7-8H,5-6H2,1-4H3,(H,15,18)(H,16,17)(H,19,20). The highest BCUT2D eigenvalue weighted by Crippen LogP contribution is 2.39. The summed E-state index contributed by atoms with van der Waals surface area (Å²) in [7, 11) is 0. The highest BCUT2D eigenvalue weighted by molar-refractivity contribution is 5.96. The van der Waals surface area contributed by atoms with Crippen LogP contribution in [0, 0.1) is 5.92 Å². The Hall–Kier alpha value is -1.85. The average Bonchev–Trinajstić information content (AvgIpc) is 3.04. The van der Waals surface area contributed by atoms with Crippen molar-refractivity contribution in [1.29, 1.82) is 0 Å². The summed E-state index contributed by atoms with van der Waals surface area (Å²) in [6, 6.07) is 1.67. The monoisotopic (exact) mass is 279 g/mol. The maximum atomic E-state index is 12.2. The van der Waals surface area contributed by atoms with E-state index < -0.39 is 17.4 Å². The first kappa shape index (κ1) is 14.6. The van der Waals surface area contributed by atoms with Crippen LogP contribution in [0.4, 0.5) is 0 Å². The first-order valence-electron chi connectivity index (χ1n) is 6.76. The van der Waals surface area contributed by atoms with E-state index in [1.165, 1.54) is 0 Å². The molecule has 0 spiro atoms. The number of amides is 1. The van der Waals surface area contributed by atoms with Crippen LogP contribution in [0.25, 0.3) is 0 Å². The molecule has 0 bridgehead atoms. The van der Waals surface area contributed by atoms with Crippen molar-refractivity contribution < 1.29 is 14.7 Å². The average molecular weight is 279 g/mol. The Labute approximate surface area is 118 Å². The van der Waals surface area contributed by atoms with E-state index in [-0.39, 0.29) is 17.0 Å². The summed E-state index contributed by atoms with van der Waals surface area (Å²) in [5.41, 5.74) is -0.287. The van der Waals surface area contributed by atoms with E-state index in [4.69, 9.17) is 0 Å². The fraction of sp³-hybridized carbons (Fsp3) is 0.643. The molecular formula is C14H21N3O3. The third-order valence-electron chi connectivity index (χ3n) is 3.83. The van der Waals surface area contributed by atoms with E-state index in [1.54, 1.807) is 13.0 Å². The number of aromatic amines is 1. The van der Waals surface area contributed by atoms with Gasteiger partial charge in [0.05, 0.1) is 0 Å². The lowest BCUT2D eigenvalue weighted by Crippen LogP contribution is -2.54.